The average molecular weight is 433 g/mol. The molecule has 0 unspecified atom stereocenters. The molecule has 0 saturated carbocycles. The Labute approximate surface area is 181 Å². The molecule has 8 heteroatoms. The van der Waals surface area contributed by atoms with Crippen molar-refractivity contribution in [1.82, 2.24) is 20.4 Å². The van der Waals surface area contributed by atoms with E-state index in [4.69, 9.17) is 11.6 Å². The van der Waals surface area contributed by atoms with E-state index >= 15 is 0 Å². The summed E-state index contributed by atoms with van der Waals surface area (Å²) < 4.78 is 13.4. The second kappa shape index (κ2) is 10.5. The van der Waals surface area contributed by atoms with Gasteiger partial charge in [0.2, 0.25) is 0 Å². The van der Waals surface area contributed by atoms with Crippen LogP contribution in [0.3, 0.4) is 0 Å². The van der Waals surface area contributed by atoms with Gasteiger partial charge in [0.25, 0.3) is 0 Å². The number of likely N-dealkylation sites (N-methyl/N-ethyl adjacent to an activating group) is 1. The van der Waals surface area contributed by atoms with E-state index < -0.39 is 11.8 Å². The van der Waals surface area contributed by atoms with Crippen LogP contribution in [0.2, 0.25) is 5.02 Å². The first-order valence-corrected chi connectivity index (χ1v) is 10.3. The molecule has 2 aromatic carbocycles. The van der Waals surface area contributed by atoms with Crippen LogP contribution in [0, 0.1) is 5.82 Å². The SMILES string of the molecule is CN1CCN([C@H](CNC(=O)C(=O)NCc2ccc(Cl)cc2)c2ccc(F)cc2)CC1. The minimum absolute atomic E-state index is 0.132. The normalized spacial score (nSPS) is 16.1. The highest BCUT2D eigenvalue weighted by Crippen LogP contribution is 2.22. The lowest BCUT2D eigenvalue weighted by Gasteiger charge is -2.38. The van der Waals surface area contributed by atoms with Gasteiger partial charge in [-0.1, -0.05) is 35.9 Å². The Hall–Kier alpha value is -2.48. The molecule has 1 aliphatic heterocycles. The summed E-state index contributed by atoms with van der Waals surface area (Å²) in [6.07, 6.45) is 0. The zero-order valence-electron chi connectivity index (χ0n) is 16.9. The third-order valence-corrected chi connectivity index (χ3v) is 5.51. The Kier molecular flexibility index (Phi) is 7.79. The van der Waals surface area contributed by atoms with Crippen molar-refractivity contribution in [3.8, 4) is 0 Å². The van der Waals surface area contributed by atoms with Gasteiger partial charge in [-0.05, 0) is 42.4 Å². The molecular weight excluding hydrogens is 407 g/mol. The van der Waals surface area contributed by atoms with Crippen molar-refractivity contribution >= 4 is 23.4 Å². The van der Waals surface area contributed by atoms with Crippen LogP contribution in [0.25, 0.3) is 0 Å². The number of benzene rings is 2. The van der Waals surface area contributed by atoms with Gasteiger partial charge in [0.05, 0.1) is 6.04 Å². The van der Waals surface area contributed by atoms with E-state index in [2.05, 4.69) is 27.5 Å². The molecular formula is C22H26ClFN4O2. The minimum Gasteiger partial charge on any atom is -0.346 e. The van der Waals surface area contributed by atoms with Crippen molar-refractivity contribution in [3.63, 3.8) is 0 Å². The van der Waals surface area contributed by atoms with Crippen molar-refractivity contribution in [3.05, 3.63) is 70.5 Å². The highest BCUT2D eigenvalue weighted by molar-refractivity contribution is 6.35. The second-order valence-corrected chi connectivity index (χ2v) is 7.86. The van der Waals surface area contributed by atoms with Crippen LogP contribution in [-0.4, -0.2) is 61.4 Å². The highest BCUT2D eigenvalue weighted by atomic mass is 35.5. The summed E-state index contributed by atoms with van der Waals surface area (Å²) in [7, 11) is 2.07. The first-order chi connectivity index (χ1) is 14.4. The number of nitrogens with one attached hydrogen (secondary N) is 2. The van der Waals surface area contributed by atoms with Crippen LogP contribution in [0.15, 0.2) is 48.5 Å². The van der Waals surface area contributed by atoms with E-state index in [1.165, 1.54) is 12.1 Å². The first-order valence-electron chi connectivity index (χ1n) is 9.91. The van der Waals surface area contributed by atoms with Crippen LogP contribution >= 0.6 is 11.6 Å². The molecule has 0 aromatic heterocycles. The van der Waals surface area contributed by atoms with Crippen molar-refractivity contribution in [2.75, 3.05) is 39.8 Å². The Balaban J connectivity index is 1.58. The molecule has 0 radical (unpaired) electrons. The summed E-state index contributed by atoms with van der Waals surface area (Å²) >= 11 is 5.85. The van der Waals surface area contributed by atoms with Crippen molar-refractivity contribution in [2.24, 2.45) is 0 Å². The Bertz CT molecular complexity index is 852. The quantitative estimate of drug-likeness (QED) is 0.687. The molecule has 1 aliphatic rings. The maximum absolute atomic E-state index is 13.4. The van der Waals surface area contributed by atoms with Crippen LogP contribution in [-0.2, 0) is 16.1 Å². The predicted octanol–water partition coefficient (Wildman–Crippen LogP) is 2.20. The first kappa shape index (κ1) is 22.2. The van der Waals surface area contributed by atoms with Gasteiger partial charge >= 0.3 is 11.8 Å². The number of piperazine rings is 1. The Morgan fingerprint density at radius 2 is 1.57 bits per heavy atom. The van der Waals surface area contributed by atoms with E-state index in [9.17, 15) is 14.0 Å². The number of rotatable bonds is 6. The summed E-state index contributed by atoms with van der Waals surface area (Å²) in [6.45, 7) is 3.99. The molecule has 2 N–H and O–H groups in total. The fraction of sp³-hybridized carbons (Fsp3) is 0.364. The average Bonchev–Trinajstić information content (AvgIpc) is 2.75. The largest absolute Gasteiger partial charge is 0.346 e. The molecule has 3 rings (SSSR count). The monoisotopic (exact) mass is 432 g/mol. The number of amides is 2. The van der Waals surface area contributed by atoms with Crippen molar-refractivity contribution in [1.29, 1.82) is 0 Å². The molecule has 1 fully saturated rings. The zero-order valence-corrected chi connectivity index (χ0v) is 17.7. The van der Waals surface area contributed by atoms with E-state index in [0.29, 0.717) is 5.02 Å². The summed E-state index contributed by atoms with van der Waals surface area (Å²) in [6, 6.07) is 13.2. The van der Waals surface area contributed by atoms with Gasteiger partial charge in [-0.3, -0.25) is 14.5 Å². The van der Waals surface area contributed by atoms with Crippen LogP contribution < -0.4 is 10.6 Å². The molecule has 1 heterocycles. The lowest BCUT2D eigenvalue weighted by Crippen LogP contribution is -2.49. The number of halogens is 2. The molecule has 6 nitrogen and oxygen atoms in total. The Morgan fingerprint density at radius 3 is 2.20 bits per heavy atom. The highest BCUT2D eigenvalue weighted by Gasteiger charge is 2.25. The summed E-state index contributed by atoms with van der Waals surface area (Å²) in [5, 5.41) is 5.95. The fourth-order valence-electron chi connectivity index (χ4n) is 3.41. The summed E-state index contributed by atoms with van der Waals surface area (Å²) in [5.41, 5.74) is 1.75. The van der Waals surface area contributed by atoms with Gasteiger partial charge in [-0.2, -0.15) is 0 Å². The van der Waals surface area contributed by atoms with Crippen molar-refractivity contribution in [2.45, 2.75) is 12.6 Å². The summed E-state index contributed by atoms with van der Waals surface area (Å²) in [4.78, 5) is 29.0. The number of carbonyl (C=O) groups is 2. The molecule has 1 saturated heterocycles. The number of hydrogen-bond acceptors (Lipinski definition) is 4. The fourth-order valence-corrected chi connectivity index (χ4v) is 3.54. The second-order valence-electron chi connectivity index (χ2n) is 7.43. The van der Waals surface area contributed by atoms with Gasteiger partial charge in [-0.15, -0.1) is 0 Å². The van der Waals surface area contributed by atoms with Gasteiger partial charge in [0, 0.05) is 44.3 Å². The maximum atomic E-state index is 13.4. The molecule has 0 spiro atoms. The summed E-state index contributed by atoms with van der Waals surface area (Å²) in [5.74, 6) is -1.69. The van der Waals surface area contributed by atoms with Gasteiger partial charge in [0.15, 0.2) is 0 Å². The number of hydrogen-bond donors (Lipinski definition) is 2. The smallest absolute Gasteiger partial charge is 0.309 e. The molecule has 1 atom stereocenters. The van der Waals surface area contributed by atoms with E-state index in [1.54, 1.807) is 36.4 Å². The molecule has 30 heavy (non-hydrogen) atoms. The third kappa shape index (κ3) is 6.26. The van der Waals surface area contributed by atoms with Gasteiger partial charge in [-0.25, -0.2) is 4.39 Å². The van der Waals surface area contributed by atoms with E-state index in [1.807, 2.05) is 0 Å². The molecule has 2 amide bonds. The molecule has 2 aromatic rings. The van der Waals surface area contributed by atoms with Crippen LogP contribution in [0.5, 0.6) is 0 Å². The van der Waals surface area contributed by atoms with Crippen molar-refractivity contribution < 1.29 is 14.0 Å². The predicted molar refractivity (Wildman–Crippen MR) is 115 cm³/mol. The molecule has 160 valence electrons. The molecule has 0 bridgehead atoms. The standard InChI is InChI=1S/C22H26ClFN4O2/c1-27-10-12-28(13-11-27)20(17-4-8-19(24)9-5-17)15-26-22(30)21(29)25-14-16-2-6-18(23)7-3-16/h2-9,20H,10-15H2,1H3,(H,25,29)(H,26,30)/t20-/m1/s1. The number of nitrogens with zero attached hydrogens (tertiary/aromatic N) is 2. The third-order valence-electron chi connectivity index (χ3n) is 5.26. The topological polar surface area (TPSA) is 64.7 Å². The molecule has 0 aliphatic carbocycles. The zero-order chi connectivity index (χ0) is 21.5. The van der Waals surface area contributed by atoms with Crippen LogP contribution in [0.4, 0.5) is 4.39 Å². The maximum Gasteiger partial charge on any atom is 0.309 e. The minimum atomic E-state index is -0.693. The van der Waals surface area contributed by atoms with Crippen LogP contribution in [0.1, 0.15) is 17.2 Å². The van der Waals surface area contributed by atoms with E-state index in [0.717, 1.165) is 37.3 Å². The lowest BCUT2D eigenvalue weighted by molar-refractivity contribution is -0.139. The Morgan fingerprint density at radius 1 is 0.967 bits per heavy atom. The van der Waals surface area contributed by atoms with Gasteiger partial charge < -0.3 is 15.5 Å². The van der Waals surface area contributed by atoms with Gasteiger partial charge in [0.1, 0.15) is 5.82 Å². The number of carbonyl (C=O) groups excluding carboxylic acids is 2. The lowest BCUT2D eigenvalue weighted by atomic mass is 10.0. The van der Waals surface area contributed by atoms with E-state index in [-0.39, 0.29) is 24.9 Å².